The van der Waals surface area contributed by atoms with E-state index >= 15 is 0 Å². The van der Waals surface area contributed by atoms with Crippen LogP contribution in [-0.4, -0.2) is 30.6 Å². The minimum Gasteiger partial charge on any atom is -0.357 e. The van der Waals surface area contributed by atoms with E-state index in [0.29, 0.717) is 12.5 Å². The fourth-order valence-corrected chi connectivity index (χ4v) is 3.36. The number of hydrogen-bond acceptors (Lipinski definition) is 3. The number of nitrogens with zero attached hydrogens (tertiary/aromatic N) is 2. The molecule has 1 aromatic heterocycles. The molecule has 0 radical (unpaired) electrons. The molecule has 1 heterocycles. The number of thiazole rings is 1. The number of aromatic nitrogens is 1. The van der Waals surface area contributed by atoms with E-state index in [4.69, 9.17) is 0 Å². The van der Waals surface area contributed by atoms with E-state index in [0.717, 1.165) is 41.8 Å². The van der Waals surface area contributed by atoms with Crippen LogP contribution in [0.1, 0.15) is 40.9 Å². The van der Waals surface area contributed by atoms with E-state index < -0.39 is 11.6 Å². The van der Waals surface area contributed by atoms with Crippen LogP contribution in [0.25, 0.3) is 0 Å². The van der Waals surface area contributed by atoms with Crippen LogP contribution in [0.5, 0.6) is 0 Å². The fraction of sp³-hybridized carbons (Fsp3) is 0.474. The molecule has 0 aliphatic rings. The van der Waals surface area contributed by atoms with Gasteiger partial charge < -0.3 is 10.6 Å². The second-order valence-corrected chi connectivity index (χ2v) is 7.51. The smallest absolute Gasteiger partial charge is 0.191 e. The molecule has 7 heteroatoms. The van der Waals surface area contributed by atoms with E-state index in [-0.39, 0.29) is 5.92 Å². The van der Waals surface area contributed by atoms with Gasteiger partial charge in [-0.1, -0.05) is 13.0 Å². The van der Waals surface area contributed by atoms with Gasteiger partial charge in [-0.2, -0.15) is 0 Å². The average molecular weight is 381 g/mol. The molecule has 26 heavy (non-hydrogen) atoms. The summed E-state index contributed by atoms with van der Waals surface area (Å²) in [5.41, 5.74) is 1.82. The fourth-order valence-electron chi connectivity index (χ4n) is 2.43. The molecule has 0 fully saturated rings. The molecule has 0 saturated carbocycles. The number of halogens is 2. The maximum atomic E-state index is 13.4. The molecule has 2 rings (SSSR count). The maximum Gasteiger partial charge on any atom is 0.191 e. The Hall–Kier alpha value is -2.02. The molecule has 1 aromatic carbocycles. The summed E-state index contributed by atoms with van der Waals surface area (Å²) in [7, 11) is 0. The summed E-state index contributed by atoms with van der Waals surface area (Å²) in [5, 5.41) is 7.61. The number of nitrogens with one attached hydrogen (secondary N) is 2. The summed E-state index contributed by atoms with van der Waals surface area (Å²) in [6.07, 6.45) is 0.836. The number of hydrogen-bond donors (Lipinski definition) is 2. The van der Waals surface area contributed by atoms with Crippen molar-refractivity contribution in [2.45, 2.75) is 40.0 Å². The van der Waals surface area contributed by atoms with Crippen LogP contribution in [0.15, 0.2) is 23.2 Å². The Morgan fingerprint density at radius 3 is 2.62 bits per heavy atom. The quantitative estimate of drug-likeness (QED) is 0.565. The molecule has 0 amide bonds. The number of aryl methyl sites for hydroxylation is 2. The van der Waals surface area contributed by atoms with Crippen LogP contribution in [0, 0.1) is 25.5 Å². The normalized spacial score (nSPS) is 12.9. The van der Waals surface area contributed by atoms with Crippen molar-refractivity contribution in [1.29, 1.82) is 0 Å². The Balaban J connectivity index is 1.91. The lowest BCUT2D eigenvalue weighted by Gasteiger charge is -2.13. The van der Waals surface area contributed by atoms with Crippen molar-refractivity contribution in [3.63, 3.8) is 0 Å². The molecule has 2 N–H and O–H groups in total. The molecule has 1 atom stereocenters. The maximum absolute atomic E-state index is 13.4. The standard InChI is InChI=1S/C19H26F2N4S/c1-5-22-19(23-9-8-18-25-13(3)14(4)26-18)24-11-12(2)15-6-7-16(20)17(21)10-15/h6-7,10,12H,5,8-9,11H2,1-4H3,(H2,22,23,24). The first-order valence-corrected chi connectivity index (χ1v) is 9.62. The largest absolute Gasteiger partial charge is 0.357 e. The summed E-state index contributed by atoms with van der Waals surface area (Å²) in [4.78, 5) is 10.3. The SMILES string of the molecule is CCNC(=NCC(C)c1ccc(F)c(F)c1)NCCc1nc(C)c(C)s1. The lowest BCUT2D eigenvalue weighted by atomic mass is 10.0. The van der Waals surface area contributed by atoms with Crippen LogP contribution in [0.2, 0.25) is 0 Å². The number of benzene rings is 1. The zero-order chi connectivity index (χ0) is 19.1. The molecule has 0 aliphatic carbocycles. The van der Waals surface area contributed by atoms with Crippen LogP contribution in [-0.2, 0) is 6.42 Å². The van der Waals surface area contributed by atoms with Gasteiger partial charge in [0.25, 0.3) is 0 Å². The van der Waals surface area contributed by atoms with Gasteiger partial charge in [-0.15, -0.1) is 11.3 Å². The summed E-state index contributed by atoms with van der Waals surface area (Å²) >= 11 is 1.72. The lowest BCUT2D eigenvalue weighted by molar-refractivity contribution is 0.505. The molecule has 2 aromatic rings. The van der Waals surface area contributed by atoms with Gasteiger partial charge >= 0.3 is 0 Å². The zero-order valence-corrected chi connectivity index (χ0v) is 16.5. The Kier molecular flexibility index (Phi) is 7.50. The van der Waals surface area contributed by atoms with Crippen molar-refractivity contribution in [3.8, 4) is 0 Å². The Bertz CT molecular complexity index is 738. The first-order valence-electron chi connectivity index (χ1n) is 8.80. The van der Waals surface area contributed by atoms with Gasteiger partial charge in [0.05, 0.1) is 10.7 Å². The van der Waals surface area contributed by atoms with Gasteiger partial charge in [-0.25, -0.2) is 13.8 Å². The first kappa shape index (κ1) is 20.3. The van der Waals surface area contributed by atoms with Crippen molar-refractivity contribution in [3.05, 3.63) is 51.0 Å². The summed E-state index contributed by atoms with van der Waals surface area (Å²) < 4.78 is 26.4. The van der Waals surface area contributed by atoms with Gasteiger partial charge in [-0.05, 0) is 38.5 Å². The third-order valence-corrected chi connectivity index (χ3v) is 5.22. The summed E-state index contributed by atoms with van der Waals surface area (Å²) in [5.74, 6) is -0.943. The van der Waals surface area contributed by atoms with Crippen molar-refractivity contribution in [1.82, 2.24) is 15.6 Å². The molecule has 0 spiro atoms. The van der Waals surface area contributed by atoms with Gasteiger partial charge in [0.2, 0.25) is 0 Å². The van der Waals surface area contributed by atoms with Gasteiger partial charge in [0.15, 0.2) is 17.6 Å². The average Bonchev–Trinajstić information content (AvgIpc) is 2.92. The minimum atomic E-state index is -0.827. The Morgan fingerprint density at radius 2 is 2.00 bits per heavy atom. The highest BCUT2D eigenvalue weighted by atomic mass is 32.1. The zero-order valence-electron chi connectivity index (χ0n) is 15.7. The molecule has 142 valence electrons. The highest BCUT2D eigenvalue weighted by molar-refractivity contribution is 7.11. The summed E-state index contributed by atoms with van der Waals surface area (Å²) in [6, 6.07) is 4.00. The van der Waals surface area contributed by atoms with E-state index in [2.05, 4.69) is 27.5 Å². The molecule has 4 nitrogen and oxygen atoms in total. The third-order valence-electron chi connectivity index (χ3n) is 4.08. The predicted molar refractivity (Wildman–Crippen MR) is 104 cm³/mol. The second-order valence-electron chi connectivity index (χ2n) is 6.22. The van der Waals surface area contributed by atoms with Crippen molar-refractivity contribution in [2.24, 2.45) is 4.99 Å². The lowest BCUT2D eigenvalue weighted by Crippen LogP contribution is -2.38. The van der Waals surface area contributed by atoms with E-state index in [1.54, 1.807) is 17.4 Å². The molecular formula is C19H26F2N4S. The number of guanidine groups is 1. The number of aliphatic imine (C=N–C) groups is 1. The molecule has 0 aliphatic heterocycles. The topological polar surface area (TPSA) is 49.3 Å². The minimum absolute atomic E-state index is 0.00943. The molecule has 0 saturated heterocycles. The first-order chi connectivity index (χ1) is 12.4. The van der Waals surface area contributed by atoms with Crippen LogP contribution in [0.4, 0.5) is 8.78 Å². The van der Waals surface area contributed by atoms with E-state index in [9.17, 15) is 8.78 Å². The van der Waals surface area contributed by atoms with Crippen molar-refractivity contribution >= 4 is 17.3 Å². The third kappa shape index (κ3) is 5.76. The Morgan fingerprint density at radius 1 is 1.23 bits per heavy atom. The van der Waals surface area contributed by atoms with Crippen molar-refractivity contribution in [2.75, 3.05) is 19.6 Å². The van der Waals surface area contributed by atoms with Gasteiger partial charge in [-0.3, -0.25) is 4.99 Å². The molecular weight excluding hydrogens is 354 g/mol. The van der Waals surface area contributed by atoms with Gasteiger partial charge in [0, 0.05) is 36.9 Å². The molecule has 0 bridgehead atoms. The second kappa shape index (κ2) is 9.62. The molecule has 1 unspecified atom stereocenters. The predicted octanol–water partition coefficient (Wildman–Crippen LogP) is 3.94. The highest BCUT2D eigenvalue weighted by Gasteiger charge is 2.10. The van der Waals surface area contributed by atoms with E-state index in [1.165, 1.54) is 10.9 Å². The van der Waals surface area contributed by atoms with Crippen LogP contribution < -0.4 is 10.6 Å². The highest BCUT2D eigenvalue weighted by Crippen LogP contribution is 2.18. The van der Waals surface area contributed by atoms with Crippen LogP contribution >= 0.6 is 11.3 Å². The Labute approximate surface area is 157 Å². The summed E-state index contributed by atoms with van der Waals surface area (Å²) in [6.45, 7) is 10.0. The van der Waals surface area contributed by atoms with E-state index in [1.807, 2.05) is 20.8 Å². The van der Waals surface area contributed by atoms with Crippen LogP contribution in [0.3, 0.4) is 0 Å². The monoisotopic (exact) mass is 380 g/mol. The number of rotatable bonds is 7. The van der Waals surface area contributed by atoms with Gasteiger partial charge in [0.1, 0.15) is 0 Å². The van der Waals surface area contributed by atoms with Crippen molar-refractivity contribution < 1.29 is 8.78 Å².